The number of amides is 1. The van der Waals surface area contributed by atoms with E-state index in [0.717, 1.165) is 0 Å². The van der Waals surface area contributed by atoms with Gasteiger partial charge in [0.15, 0.2) is 0 Å². The molecule has 138 valence electrons. The molecule has 2 aliphatic rings. The molecule has 1 aliphatic heterocycles. The van der Waals surface area contributed by atoms with Crippen LogP contribution in [0.2, 0.25) is 0 Å². The summed E-state index contributed by atoms with van der Waals surface area (Å²) < 4.78 is 5.67. The van der Waals surface area contributed by atoms with Crippen LogP contribution in [0.25, 0.3) is 11.1 Å². The van der Waals surface area contributed by atoms with E-state index in [1.54, 1.807) is 4.90 Å². The van der Waals surface area contributed by atoms with Gasteiger partial charge in [-0.3, -0.25) is 0 Å². The Hall–Kier alpha value is -2.77. The summed E-state index contributed by atoms with van der Waals surface area (Å²) in [7, 11) is 0. The number of likely N-dealkylation sites (tertiary alicyclic amines) is 1. The standard InChI is InChI=1S/C23H23NO3/c1-2-11-23(26)12-14-24(15-13-23)22(25)27-16-21-19-9-5-3-7-17(19)18-8-4-6-10-20(18)21/h1,3-10,21,26H,11-16H2. The summed E-state index contributed by atoms with van der Waals surface area (Å²) in [4.78, 5) is 14.2. The van der Waals surface area contributed by atoms with Gasteiger partial charge in [0.25, 0.3) is 0 Å². The lowest BCUT2D eigenvalue weighted by Gasteiger charge is -2.36. The number of rotatable bonds is 3. The molecule has 27 heavy (non-hydrogen) atoms. The minimum absolute atomic E-state index is 0.0597. The number of aliphatic hydroxyl groups is 1. The maximum absolute atomic E-state index is 12.5. The molecule has 2 aromatic rings. The lowest BCUT2D eigenvalue weighted by atomic mass is 9.89. The SMILES string of the molecule is C#CCC1(O)CCN(C(=O)OCC2c3ccccc3-c3ccccc32)CC1. The Morgan fingerprint density at radius 2 is 1.67 bits per heavy atom. The first kappa shape index (κ1) is 17.6. The van der Waals surface area contributed by atoms with Gasteiger partial charge in [-0.15, -0.1) is 12.3 Å². The van der Waals surface area contributed by atoms with Gasteiger partial charge in [0.2, 0.25) is 0 Å². The first-order valence-electron chi connectivity index (χ1n) is 9.37. The van der Waals surface area contributed by atoms with Gasteiger partial charge >= 0.3 is 6.09 Å². The number of carbonyl (C=O) groups is 1. The van der Waals surface area contributed by atoms with E-state index in [-0.39, 0.29) is 12.0 Å². The molecule has 4 rings (SSSR count). The number of hydrogen-bond donors (Lipinski definition) is 1. The number of benzene rings is 2. The number of carbonyl (C=O) groups excluding carboxylic acids is 1. The van der Waals surface area contributed by atoms with Crippen molar-refractivity contribution in [2.75, 3.05) is 19.7 Å². The number of ether oxygens (including phenoxy) is 1. The van der Waals surface area contributed by atoms with Gasteiger partial charge in [0, 0.05) is 25.4 Å². The van der Waals surface area contributed by atoms with Crippen molar-refractivity contribution in [2.45, 2.75) is 30.8 Å². The summed E-state index contributed by atoms with van der Waals surface area (Å²) in [6.45, 7) is 1.25. The number of nitrogens with zero attached hydrogens (tertiary/aromatic N) is 1. The molecule has 1 aliphatic carbocycles. The molecular weight excluding hydrogens is 338 g/mol. The van der Waals surface area contributed by atoms with Crippen LogP contribution in [-0.2, 0) is 4.74 Å². The fourth-order valence-corrected chi connectivity index (χ4v) is 4.16. The third-order valence-corrected chi connectivity index (χ3v) is 5.72. The quantitative estimate of drug-likeness (QED) is 0.847. The van der Waals surface area contributed by atoms with E-state index in [1.165, 1.54) is 22.3 Å². The van der Waals surface area contributed by atoms with E-state index in [0.29, 0.717) is 39.0 Å². The first-order chi connectivity index (χ1) is 13.1. The third kappa shape index (κ3) is 3.31. The maximum Gasteiger partial charge on any atom is 0.409 e. The molecule has 0 unspecified atom stereocenters. The molecule has 2 aromatic carbocycles. The van der Waals surface area contributed by atoms with Crippen molar-refractivity contribution in [3.05, 3.63) is 59.7 Å². The molecule has 0 bridgehead atoms. The average Bonchev–Trinajstić information content (AvgIpc) is 3.01. The van der Waals surface area contributed by atoms with Crippen LogP contribution in [0.5, 0.6) is 0 Å². The van der Waals surface area contributed by atoms with Crippen LogP contribution in [0.1, 0.15) is 36.3 Å². The number of hydrogen-bond acceptors (Lipinski definition) is 3. The summed E-state index contributed by atoms with van der Waals surface area (Å²) in [5.41, 5.74) is 3.98. The van der Waals surface area contributed by atoms with Crippen LogP contribution in [0, 0.1) is 12.3 Å². The van der Waals surface area contributed by atoms with Crippen LogP contribution in [-0.4, -0.2) is 41.4 Å². The Balaban J connectivity index is 1.42. The van der Waals surface area contributed by atoms with Crippen molar-refractivity contribution < 1.29 is 14.6 Å². The zero-order valence-corrected chi connectivity index (χ0v) is 15.2. The second-order valence-electron chi connectivity index (χ2n) is 7.40. The van der Waals surface area contributed by atoms with Crippen molar-refractivity contribution >= 4 is 6.09 Å². The molecule has 4 heteroatoms. The molecule has 1 amide bonds. The number of terminal acetylenes is 1. The first-order valence-corrected chi connectivity index (χ1v) is 9.37. The fraction of sp³-hybridized carbons (Fsp3) is 0.348. The van der Waals surface area contributed by atoms with Gasteiger partial charge in [-0.2, -0.15) is 0 Å². The minimum Gasteiger partial charge on any atom is -0.448 e. The van der Waals surface area contributed by atoms with Gasteiger partial charge in [0.05, 0.1) is 5.60 Å². The summed E-state index contributed by atoms with van der Waals surface area (Å²) in [5, 5.41) is 10.4. The van der Waals surface area contributed by atoms with Crippen molar-refractivity contribution in [3.63, 3.8) is 0 Å². The zero-order chi connectivity index (χ0) is 18.9. The highest BCUT2D eigenvalue weighted by Gasteiger charge is 2.34. The smallest absolute Gasteiger partial charge is 0.409 e. The highest BCUT2D eigenvalue weighted by molar-refractivity contribution is 5.79. The average molecular weight is 361 g/mol. The molecule has 4 nitrogen and oxygen atoms in total. The van der Waals surface area contributed by atoms with E-state index in [2.05, 4.69) is 30.2 Å². The Morgan fingerprint density at radius 1 is 1.11 bits per heavy atom. The predicted octanol–water partition coefficient (Wildman–Crippen LogP) is 3.79. The van der Waals surface area contributed by atoms with Crippen molar-refractivity contribution in [1.82, 2.24) is 4.90 Å². The second kappa shape index (κ2) is 7.09. The summed E-state index contributed by atoms with van der Waals surface area (Å²) in [5.74, 6) is 2.58. The van der Waals surface area contributed by atoms with Crippen molar-refractivity contribution in [3.8, 4) is 23.5 Å². The Bertz CT molecular complexity index is 845. The van der Waals surface area contributed by atoms with E-state index in [1.807, 2.05) is 24.3 Å². The van der Waals surface area contributed by atoms with Gasteiger partial charge < -0.3 is 14.7 Å². The highest BCUT2D eigenvalue weighted by Crippen LogP contribution is 2.44. The van der Waals surface area contributed by atoms with Gasteiger partial charge in [0.1, 0.15) is 6.61 Å². The Kier molecular flexibility index (Phi) is 4.63. The molecule has 1 N–H and O–H groups in total. The van der Waals surface area contributed by atoms with E-state index in [9.17, 15) is 9.90 Å². The summed E-state index contributed by atoms with van der Waals surface area (Å²) >= 11 is 0. The Morgan fingerprint density at radius 3 is 2.22 bits per heavy atom. The van der Waals surface area contributed by atoms with Crippen LogP contribution in [0.4, 0.5) is 4.79 Å². The van der Waals surface area contributed by atoms with E-state index in [4.69, 9.17) is 11.2 Å². The van der Waals surface area contributed by atoms with E-state index < -0.39 is 5.60 Å². The molecule has 1 heterocycles. The summed E-state index contributed by atoms with van der Waals surface area (Å²) in [6.07, 6.45) is 6.30. The third-order valence-electron chi connectivity index (χ3n) is 5.72. The number of piperidine rings is 1. The highest BCUT2D eigenvalue weighted by atomic mass is 16.6. The minimum atomic E-state index is -0.852. The van der Waals surface area contributed by atoms with E-state index >= 15 is 0 Å². The second-order valence-corrected chi connectivity index (χ2v) is 7.40. The van der Waals surface area contributed by atoms with Crippen LogP contribution in [0.15, 0.2) is 48.5 Å². The monoisotopic (exact) mass is 361 g/mol. The number of fused-ring (bicyclic) bond motifs is 3. The van der Waals surface area contributed by atoms with Gasteiger partial charge in [-0.25, -0.2) is 4.79 Å². The molecule has 0 radical (unpaired) electrons. The van der Waals surface area contributed by atoms with Gasteiger partial charge in [-0.05, 0) is 35.1 Å². The predicted molar refractivity (Wildman–Crippen MR) is 104 cm³/mol. The zero-order valence-electron chi connectivity index (χ0n) is 15.2. The molecule has 0 spiro atoms. The van der Waals surface area contributed by atoms with Crippen molar-refractivity contribution in [1.29, 1.82) is 0 Å². The molecule has 0 saturated carbocycles. The van der Waals surface area contributed by atoms with Crippen LogP contribution in [0.3, 0.4) is 0 Å². The lowest BCUT2D eigenvalue weighted by Crippen LogP contribution is -2.46. The fourth-order valence-electron chi connectivity index (χ4n) is 4.16. The lowest BCUT2D eigenvalue weighted by molar-refractivity contribution is -0.0165. The van der Waals surface area contributed by atoms with Crippen LogP contribution < -0.4 is 0 Å². The van der Waals surface area contributed by atoms with Crippen molar-refractivity contribution in [2.24, 2.45) is 0 Å². The molecule has 1 saturated heterocycles. The molecule has 0 aromatic heterocycles. The molecular formula is C23H23NO3. The molecule has 1 fully saturated rings. The van der Waals surface area contributed by atoms with Gasteiger partial charge in [-0.1, -0.05) is 48.5 Å². The van der Waals surface area contributed by atoms with Crippen LogP contribution >= 0.6 is 0 Å². The normalized spacial score (nSPS) is 17.7. The molecule has 0 atom stereocenters. The topological polar surface area (TPSA) is 49.8 Å². The Labute approximate surface area is 159 Å². The summed E-state index contributed by atoms with van der Waals surface area (Å²) in [6, 6.07) is 16.6. The maximum atomic E-state index is 12.5. The largest absolute Gasteiger partial charge is 0.448 e.